The predicted molar refractivity (Wildman–Crippen MR) is 84.0 cm³/mol. The summed E-state index contributed by atoms with van der Waals surface area (Å²) in [5.41, 5.74) is 6.92. The lowest BCUT2D eigenvalue weighted by Crippen LogP contribution is -2.20. The summed E-state index contributed by atoms with van der Waals surface area (Å²) in [5.74, 6) is 1.98. The highest BCUT2D eigenvalue weighted by Gasteiger charge is 2.01. The van der Waals surface area contributed by atoms with E-state index in [4.69, 9.17) is 5.73 Å². The summed E-state index contributed by atoms with van der Waals surface area (Å²) in [6, 6.07) is 12.1. The van der Waals surface area contributed by atoms with Gasteiger partial charge in [0.05, 0.1) is 0 Å². The molecule has 5 nitrogen and oxygen atoms in total. The fraction of sp³-hybridized carbons (Fsp3) is 0.333. The standard InChI is InChI=1S/C15H21N5/c1-12-18-14(16)11-15(19-12)17-9-6-10-20(2)13-7-4-3-5-8-13/h3-5,7-8,11H,6,9-10H2,1-2H3,(H3,16,17,18,19). The molecule has 0 spiro atoms. The lowest BCUT2D eigenvalue weighted by molar-refractivity contribution is 0.813. The predicted octanol–water partition coefficient (Wildman–Crippen LogP) is 2.31. The summed E-state index contributed by atoms with van der Waals surface area (Å²) < 4.78 is 0. The number of nitrogens with one attached hydrogen (secondary N) is 1. The van der Waals surface area contributed by atoms with Crippen molar-refractivity contribution in [1.82, 2.24) is 9.97 Å². The molecule has 0 aliphatic rings. The third-order valence-corrected chi connectivity index (χ3v) is 3.03. The van der Waals surface area contributed by atoms with E-state index in [-0.39, 0.29) is 0 Å². The van der Waals surface area contributed by atoms with E-state index in [9.17, 15) is 0 Å². The van der Waals surface area contributed by atoms with Gasteiger partial charge in [0.15, 0.2) is 0 Å². The Balaban J connectivity index is 1.76. The number of aryl methyl sites for hydroxylation is 1. The molecule has 0 aliphatic heterocycles. The molecule has 106 valence electrons. The van der Waals surface area contributed by atoms with Crippen LogP contribution in [-0.4, -0.2) is 30.1 Å². The van der Waals surface area contributed by atoms with Crippen molar-refractivity contribution >= 4 is 17.3 Å². The van der Waals surface area contributed by atoms with E-state index in [0.717, 1.165) is 25.3 Å². The van der Waals surface area contributed by atoms with Gasteiger partial charge in [-0.15, -0.1) is 0 Å². The highest BCUT2D eigenvalue weighted by molar-refractivity contribution is 5.45. The van der Waals surface area contributed by atoms with E-state index in [0.29, 0.717) is 11.6 Å². The SMILES string of the molecule is Cc1nc(N)cc(NCCCN(C)c2ccccc2)n1. The van der Waals surface area contributed by atoms with E-state index >= 15 is 0 Å². The fourth-order valence-electron chi connectivity index (χ4n) is 2.03. The van der Waals surface area contributed by atoms with Crippen LogP contribution in [0.2, 0.25) is 0 Å². The maximum Gasteiger partial charge on any atom is 0.131 e. The van der Waals surface area contributed by atoms with Crippen molar-refractivity contribution in [1.29, 1.82) is 0 Å². The molecule has 0 saturated heterocycles. The quantitative estimate of drug-likeness (QED) is 0.789. The minimum Gasteiger partial charge on any atom is -0.384 e. The van der Waals surface area contributed by atoms with Crippen LogP contribution in [0.25, 0.3) is 0 Å². The Kier molecular flexibility index (Phi) is 4.76. The van der Waals surface area contributed by atoms with Crippen molar-refractivity contribution in [2.45, 2.75) is 13.3 Å². The zero-order chi connectivity index (χ0) is 14.4. The van der Waals surface area contributed by atoms with Gasteiger partial charge in [-0.05, 0) is 25.5 Å². The first-order valence-electron chi connectivity index (χ1n) is 6.76. The van der Waals surface area contributed by atoms with Crippen LogP contribution in [0.1, 0.15) is 12.2 Å². The van der Waals surface area contributed by atoms with E-state index in [1.807, 2.05) is 13.0 Å². The fourth-order valence-corrected chi connectivity index (χ4v) is 2.03. The van der Waals surface area contributed by atoms with E-state index in [1.54, 1.807) is 6.07 Å². The largest absolute Gasteiger partial charge is 0.384 e. The molecule has 0 aliphatic carbocycles. The number of rotatable bonds is 6. The maximum atomic E-state index is 5.69. The molecule has 0 atom stereocenters. The zero-order valence-electron chi connectivity index (χ0n) is 12.0. The summed E-state index contributed by atoms with van der Waals surface area (Å²) in [5, 5.41) is 3.28. The molecule has 20 heavy (non-hydrogen) atoms. The van der Waals surface area contributed by atoms with Gasteiger partial charge >= 0.3 is 0 Å². The average Bonchev–Trinajstić information content (AvgIpc) is 2.43. The van der Waals surface area contributed by atoms with Crippen LogP contribution in [0.5, 0.6) is 0 Å². The van der Waals surface area contributed by atoms with Gasteiger partial charge in [-0.3, -0.25) is 0 Å². The summed E-state index contributed by atoms with van der Waals surface area (Å²) >= 11 is 0. The summed E-state index contributed by atoms with van der Waals surface area (Å²) in [6.07, 6.45) is 1.02. The van der Waals surface area contributed by atoms with E-state index in [2.05, 4.69) is 51.5 Å². The highest BCUT2D eigenvalue weighted by Crippen LogP contribution is 2.11. The van der Waals surface area contributed by atoms with Crippen LogP contribution >= 0.6 is 0 Å². The van der Waals surface area contributed by atoms with Crippen LogP contribution in [0.15, 0.2) is 36.4 Å². The second kappa shape index (κ2) is 6.75. The Morgan fingerprint density at radius 1 is 1.20 bits per heavy atom. The second-order valence-corrected chi connectivity index (χ2v) is 4.76. The summed E-state index contributed by atoms with van der Waals surface area (Å²) in [7, 11) is 2.10. The van der Waals surface area contributed by atoms with Crippen molar-refractivity contribution in [3.63, 3.8) is 0 Å². The van der Waals surface area contributed by atoms with Crippen LogP contribution in [0.3, 0.4) is 0 Å². The minimum absolute atomic E-state index is 0.501. The first-order chi connectivity index (χ1) is 9.65. The molecular weight excluding hydrogens is 250 g/mol. The number of benzene rings is 1. The molecule has 2 aromatic rings. The molecule has 0 radical (unpaired) electrons. The van der Waals surface area contributed by atoms with Gasteiger partial charge in [0.25, 0.3) is 0 Å². The van der Waals surface area contributed by atoms with E-state index < -0.39 is 0 Å². The molecule has 0 unspecified atom stereocenters. The van der Waals surface area contributed by atoms with Crippen molar-refractivity contribution in [3.05, 3.63) is 42.2 Å². The molecule has 1 heterocycles. The molecular formula is C15H21N5. The van der Waals surface area contributed by atoms with Gasteiger partial charge < -0.3 is 16.0 Å². The molecule has 0 fully saturated rings. The van der Waals surface area contributed by atoms with Crippen molar-refractivity contribution < 1.29 is 0 Å². The van der Waals surface area contributed by atoms with Crippen molar-refractivity contribution in [2.24, 2.45) is 0 Å². The summed E-state index contributed by atoms with van der Waals surface area (Å²) in [6.45, 7) is 3.67. The number of anilines is 3. The molecule has 1 aromatic carbocycles. The Hall–Kier alpha value is -2.30. The van der Waals surface area contributed by atoms with Gasteiger partial charge in [0, 0.05) is 31.9 Å². The van der Waals surface area contributed by atoms with Crippen LogP contribution in [0, 0.1) is 6.92 Å². The molecule has 0 saturated carbocycles. The molecule has 0 bridgehead atoms. The normalized spacial score (nSPS) is 10.3. The van der Waals surface area contributed by atoms with Gasteiger partial charge in [-0.2, -0.15) is 0 Å². The number of nitrogens with two attached hydrogens (primary N) is 1. The third kappa shape index (κ3) is 4.12. The van der Waals surface area contributed by atoms with Crippen molar-refractivity contribution in [2.75, 3.05) is 36.1 Å². The molecule has 3 N–H and O–H groups in total. The van der Waals surface area contributed by atoms with Crippen LogP contribution < -0.4 is 16.0 Å². The molecule has 2 rings (SSSR count). The smallest absolute Gasteiger partial charge is 0.131 e. The number of nitrogen functional groups attached to an aromatic ring is 1. The number of nitrogens with zero attached hydrogens (tertiary/aromatic N) is 3. The topological polar surface area (TPSA) is 67.1 Å². The van der Waals surface area contributed by atoms with Crippen LogP contribution in [0.4, 0.5) is 17.3 Å². The minimum atomic E-state index is 0.501. The number of hydrogen-bond acceptors (Lipinski definition) is 5. The highest BCUT2D eigenvalue weighted by atomic mass is 15.1. The Labute approximate surface area is 119 Å². The average molecular weight is 271 g/mol. The Morgan fingerprint density at radius 3 is 2.65 bits per heavy atom. The maximum absolute atomic E-state index is 5.69. The van der Waals surface area contributed by atoms with Crippen molar-refractivity contribution in [3.8, 4) is 0 Å². The lowest BCUT2D eigenvalue weighted by Gasteiger charge is -2.19. The monoisotopic (exact) mass is 271 g/mol. The van der Waals surface area contributed by atoms with Gasteiger partial charge in [-0.1, -0.05) is 18.2 Å². The molecule has 1 aromatic heterocycles. The first-order valence-corrected chi connectivity index (χ1v) is 6.76. The summed E-state index contributed by atoms with van der Waals surface area (Å²) in [4.78, 5) is 10.6. The van der Waals surface area contributed by atoms with E-state index in [1.165, 1.54) is 5.69 Å². The van der Waals surface area contributed by atoms with Gasteiger partial charge in [-0.25, -0.2) is 9.97 Å². The third-order valence-electron chi connectivity index (χ3n) is 3.03. The first kappa shape index (κ1) is 14.1. The number of aromatic nitrogens is 2. The number of hydrogen-bond donors (Lipinski definition) is 2. The van der Waals surface area contributed by atoms with Gasteiger partial charge in [0.1, 0.15) is 17.5 Å². The molecule has 0 amide bonds. The Bertz CT molecular complexity index is 521. The van der Waals surface area contributed by atoms with Crippen LogP contribution in [-0.2, 0) is 0 Å². The zero-order valence-corrected chi connectivity index (χ0v) is 12.0. The number of para-hydroxylation sites is 1. The molecule has 5 heteroatoms. The second-order valence-electron chi connectivity index (χ2n) is 4.76. The van der Waals surface area contributed by atoms with Gasteiger partial charge in [0.2, 0.25) is 0 Å². The Morgan fingerprint density at radius 2 is 1.95 bits per heavy atom. The lowest BCUT2D eigenvalue weighted by atomic mass is 10.3.